The maximum Gasteiger partial charge on any atom is 0.255 e. The van der Waals surface area contributed by atoms with Crippen LogP contribution < -0.4 is 4.90 Å². The standard InChI is InChI=1S/C24H41N2/c1-15(2)20-12-11-13-21(16(3)4)23(20)25-14-22(17(5)6)26(19(9)10)24(25)18(7)8/h11-13,15-19,22H,14H2,1-10H3/q+1/t22-/m0/s1. The quantitative estimate of drug-likeness (QED) is 0.545. The van der Waals surface area contributed by atoms with Crippen molar-refractivity contribution in [2.45, 2.75) is 93.2 Å². The summed E-state index contributed by atoms with van der Waals surface area (Å²) in [7, 11) is 0. The molecule has 0 amide bonds. The molecule has 2 nitrogen and oxygen atoms in total. The van der Waals surface area contributed by atoms with E-state index in [4.69, 9.17) is 0 Å². The molecule has 0 saturated heterocycles. The molecule has 1 aromatic carbocycles. The van der Waals surface area contributed by atoms with Gasteiger partial charge in [0, 0.05) is 11.1 Å². The van der Waals surface area contributed by atoms with Crippen molar-refractivity contribution in [2.75, 3.05) is 11.4 Å². The first-order valence-corrected chi connectivity index (χ1v) is 10.6. The van der Waals surface area contributed by atoms with Gasteiger partial charge >= 0.3 is 0 Å². The molecule has 1 atom stereocenters. The Kier molecular flexibility index (Phi) is 6.58. The maximum atomic E-state index is 2.70. The lowest BCUT2D eigenvalue weighted by atomic mass is 9.91. The number of para-hydroxylation sites is 1. The summed E-state index contributed by atoms with van der Waals surface area (Å²) in [4.78, 5) is 2.68. The fourth-order valence-corrected chi connectivity index (χ4v) is 4.50. The molecule has 0 fully saturated rings. The molecule has 26 heavy (non-hydrogen) atoms. The van der Waals surface area contributed by atoms with Crippen molar-refractivity contribution in [2.24, 2.45) is 11.8 Å². The average molecular weight is 358 g/mol. The van der Waals surface area contributed by atoms with Gasteiger partial charge in [-0.1, -0.05) is 73.6 Å². The minimum atomic E-state index is 0.515. The Labute approximate surface area is 162 Å². The first-order valence-electron chi connectivity index (χ1n) is 10.6. The Bertz CT molecular complexity index is 624. The number of hydrogen-bond acceptors (Lipinski definition) is 1. The summed E-state index contributed by atoms with van der Waals surface area (Å²) in [5.41, 5.74) is 4.46. The summed E-state index contributed by atoms with van der Waals surface area (Å²) in [5.74, 6) is 3.73. The molecule has 146 valence electrons. The topological polar surface area (TPSA) is 6.25 Å². The van der Waals surface area contributed by atoms with E-state index in [1.807, 2.05) is 0 Å². The second-order valence-electron chi connectivity index (χ2n) is 9.53. The second kappa shape index (κ2) is 8.15. The molecule has 0 aliphatic carbocycles. The molecule has 0 radical (unpaired) electrons. The van der Waals surface area contributed by atoms with E-state index in [1.54, 1.807) is 0 Å². The zero-order valence-electron chi connectivity index (χ0n) is 18.8. The van der Waals surface area contributed by atoms with Gasteiger partial charge in [0.2, 0.25) is 0 Å². The fourth-order valence-electron chi connectivity index (χ4n) is 4.50. The summed E-state index contributed by atoms with van der Waals surface area (Å²) >= 11 is 0. The second-order valence-corrected chi connectivity index (χ2v) is 9.53. The van der Waals surface area contributed by atoms with Crippen LogP contribution in [-0.4, -0.2) is 29.0 Å². The molecule has 1 aliphatic heterocycles. The van der Waals surface area contributed by atoms with Gasteiger partial charge in [0.1, 0.15) is 18.3 Å². The highest BCUT2D eigenvalue weighted by molar-refractivity contribution is 5.98. The van der Waals surface area contributed by atoms with E-state index < -0.39 is 0 Å². The van der Waals surface area contributed by atoms with Crippen LogP contribution in [0.3, 0.4) is 0 Å². The highest BCUT2D eigenvalue weighted by atomic mass is 15.3. The number of benzene rings is 1. The molecular formula is C24H41N2+. The average Bonchev–Trinajstić information content (AvgIpc) is 2.94. The molecule has 2 rings (SSSR count). The van der Waals surface area contributed by atoms with Gasteiger partial charge < -0.3 is 0 Å². The third-order valence-corrected chi connectivity index (χ3v) is 5.72. The molecule has 1 aromatic rings. The monoisotopic (exact) mass is 357 g/mol. The lowest BCUT2D eigenvalue weighted by Crippen LogP contribution is -2.37. The Morgan fingerprint density at radius 1 is 0.808 bits per heavy atom. The first kappa shape index (κ1) is 21.0. The first-order chi connectivity index (χ1) is 12.1. The van der Waals surface area contributed by atoms with Crippen LogP contribution in [0, 0.1) is 11.8 Å². The highest BCUT2D eigenvalue weighted by Crippen LogP contribution is 2.38. The number of amidine groups is 1. The third-order valence-electron chi connectivity index (χ3n) is 5.72. The molecule has 2 heteroatoms. The van der Waals surface area contributed by atoms with Crippen LogP contribution >= 0.6 is 0 Å². The molecule has 0 aromatic heterocycles. The van der Waals surface area contributed by atoms with Crippen molar-refractivity contribution in [1.82, 2.24) is 0 Å². The van der Waals surface area contributed by atoms with E-state index in [2.05, 4.69) is 96.9 Å². The number of nitrogens with zero attached hydrogens (tertiary/aromatic N) is 2. The molecule has 0 bridgehead atoms. The predicted molar refractivity (Wildman–Crippen MR) is 116 cm³/mol. The van der Waals surface area contributed by atoms with Crippen molar-refractivity contribution in [3.8, 4) is 0 Å². The van der Waals surface area contributed by atoms with Crippen molar-refractivity contribution >= 4 is 11.5 Å². The summed E-state index contributed by atoms with van der Waals surface area (Å²) in [6, 6.07) is 8.03. The Balaban J connectivity index is 2.75. The van der Waals surface area contributed by atoms with Crippen LogP contribution in [0.25, 0.3) is 0 Å². The smallest absolute Gasteiger partial charge is 0.255 e. The summed E-state index contributed by atoms with van der Waals surface area (Å²) in [6.45, 7) is 24.6. The molecular weight excluding hydrogens is 316 g/mol. The van der Waals surface area contributed by atoms with Gasteiger partial charge in [-0.05, 0) is 31.6 Å². The van der Waals surface area contributed by atoms with Gasteiger partial charge in [0.05, 0.1) is 12.0 Å². The molecule has 0 unspecified atom stereocenters. The van der Waals surface area contributed by atoms with Crippen LogP contribution in [0.2, 0.25) is 0 Å². The fraction of sp³-hybridized carbons (Fsp3) is 0.708. The summed E-state index contributed by atoms with van der Waals surface area (Å²) in [5, 5.41) is 0. The maximum absolute atomic E-state index is 2.70. The van der Waals surface area contributed by atoms with E-state index in [0.717, 1.165) is 6.54 Å². The zero-order chi connectivity index (χ0) is 19.8. The van der Waals surface area contributed by atoms with Crippen molar-refractivity contribution in [3.05, 3.63) is 29.3 Å². The minimum absolute atomic E-state index is 0.515. The SMILES string of the molecule is CC(C)C1=[N+](C(C)C)[C@H](C(C)C)CN1c1c(C(C)C)cccc1C(C)C. The number of rotatable bonds is 6. The zero-order valence-corrected chi connectivity index (χ0v) is 18.8. The summed E-state index contributed by atoms with van der Waals surface area (Å²) in [6.07, 6.45) is 0. The van der Waals surface area contributed by atoms with E-state index in [0.29, 0.717) is 35.8 Å². The van der Waals surface area contributed by atoms with E-state index >= 15 is 0 Å². The van der Waals surface area contributed by atoms with E-state index in [1.165, 1.54) is 22.6 Å². The van der Waals surface area contributed by atoms with Gasteiger partial charge in [0.15, 0.2) is 0 Å². The molecule has 1 heterocycles. The van der Waals surface area contributed by atoms with Crippen LogP contribution in [0.15, 0.2) is 18.2 Å². The normalized spacial score (nSPS) is 18.6. The number of hydrogen-bond donors (Lipinski definition) is 0. The predicted octanol–water partition coefficient (Wildman–Crippen LogP) is 6.25. The van der Waals surface area contributed by atoms with Crippen LogP contribution in [0.5, 0.6) is 0 Å². The van der Waals surface area contributed by atoms with Crippen LogP contribution in [0.4, 0.5) is 5.69 Å². The highest BCUT2D eigenvalue weighted by Gasteiger charge is 2.45. The Morgan fingerprint density at radius 3 is 1.65 bits per heavy atom. The van der Waals surface area contributed by atoms with Gasteiger partial charge in [-0.25, -0.2) is 4.90 Å². The third kappa shape index (κ3) is 3.85. The molecule has 0 spiro atoms. The number of anilines is 1. The minimum Gasteiger partial charge on any atom is -0.256 e. The Morgan fingerprint density at radius 2 is 1.31 bits per heavy atom. The Hall–Kier alpha value is -1.31. The van der Waals surface area contributed by atoms with Crippen molar-refractivity contribution in [3.63, 3.8) is 0 Å². The molecule has 0 saturated carbocycles. The van der Waals surface area contributed by atoms with Gasteiger partial charge in [-0.2, -0.15) is 0 Å². The van der Waals surface area contributed by atoms with Crippen molar-refractivity contribution < 1.29 is 4.58 Å². The van der Waals surface area contributed by atoms with Gasteiger partial charge in [-0.15, -0.1) is 0 Å². The largest absolute Gasteiger partial charge is 0.256 e. The lowest BCUT2D eigenvalue weighted by molar-refractivity contribution is -0.593. The van der Waals surface area contributed by atoms with Crippen LogP contribution in [-0.2, 0) is 0 Å². The van der Waals surface area contributed by atoms with E-state index in [-0.39, 0.29) is 0 Å². The molecule has 0 N–H and O–H groups in total. The lowest BCUT2D eigenvalue weighted by Gasteiger charge is -2.25. The molecule has 1 aliphatic rings. The van der Waals surface area contributed by atoms with Crippen LogP contribution in [0.1, 0.15) is 92.2 Å². The van der Waals surface area contributed by atoms with E-state index in [9.17, 15) is 0 Å². The van der Waals surface area contributed by atoms with Gasteiger partial charge in [0.25, 0.3) is 5.84 Å². The summed E-state index contributed by atoms with van der Waals surface area (Å²) < 4.78 is 2.70. The van der Waals surface area contributed by atoms with Gasteiger partial charge in [-0.3, -0.25) is 4.58 Å². The van der Waals surface area contributed by atoms with Crippen molar-refractivity contribution in [1.29, 1.82) is 0 Å².